The first-order chi connectivity index (χ1) is 16.6. The lowest BCUT2D eigenvalue weighted by Gasteiger charge is -2.23. The van der Waals surface area contributed by atoms with Crippen LogP contribution in [0.15, 0.2) is 96.5 Å². The molecular weight excluding hydrogens is 428 g/mol. The summed E-state index contributed by atoms with van der Waals surface area (Å²) in [5, 5.41) is 8.92. The van der Waals surface area contributed by atoms with E-state index in [1.807, 2.05) is 67.6 Å². The van der Waals surface area contributed by atoms with Gasteiger partial charge in [-0.3, -0.25) is 15.3 Å². The number of benzene rings is 2. The second kappa shape index (κ2) is 11.3. The van der Waals surface area contributed by atoms with Gasteiger partial charge in [0.15, 0.2) is 6.61 Å². The maximum absolute atomic E-state index is 10.9. The van der Waals surface area contributed by atoms with E-state index >= 15 is 0 Å². The first-order valence-electron chi connectivity index (χ1n) is 11.3. The summed E-state index contributed by atoms with van der Waals surface area (Å²) in [6.07, 6.45) is 9.82. The Bertz CT molecular complexity index is 1130. The zero-order valence-corrected chi connectivity index (χ0v) is 19.1. The Hall–Kier alpha value is -3.90. The van der Waals surface area contributed by atoms with Crippen molar-refractivity contribution in [2.24, 2.45) is 0 Å². The van der Waals surface area contributed by atoms with Gasteiger partial charge in [-0.1, -0.05) is 54.1 Å². The first-order valence-corrected chi connectivity index (χ1v) is 11.3. The van der Waals surface area contributed by atoms with E-state index in [-0.39, 0.29) is 12.7 Å². The van der Waals surface area contributed by atoms with Crippen LogP contribution in [0.4, 0.5) is 0 Å². The standard InChI is InChI=1S/C28H28N2O4/c1-2-24(30-34-28(21-7-4-3-5-8-21)22-13-15-29-16-14-22)18-20-11-12-25-23(17-20)9-6-10-26(25)33-19-27(31)32/h2-10,13-16,18,28,30H,11-12,17,19H2,1H3,(H,31,32). The molecule has 6 heteroatoms. The molecule has 6 nitrogen and oxygen atoms in total. The average Bonchev–Trinajstić information content (AvgIpc) is 2.88. The Morgan fingerprint density at radius 3 is 2.56 bits per heavy atom. The average molecular weight is 457 g/mol. The van der Waals surface area contributed by atoms with Gasteiger partial charge in [0.1, 0.15) is 11.9 Å². The molecule has 2 N–H and O–H groups in total. The molecule has 1 aliphatic carbocycles. The molecule has 0 radical (unpaired) electrons. The molecule has 1 aromatic heterocycles. The number of hydroxylamine groups is 1. The largest absolute Gasteiger partial charge is 0.482 e. The second-order valence-corrected chi connectivity index (χ2v) is 8.09. The van der Waals surface area contributed by atoms with Crippen LogP contribution < -0.4 is 10.2 Å². The van der Waals surface area contributed by atoms with Crippen LogP contribution in [0, 0.1) is 0 Å². The fourth-order valence-corrected chi connectivity index (χ4v) is 4.09. The third-order valence-electron chi connectivity index (χ3n) is 5.77. The molecule has 174 valence electrons. The number of aliphatic carboxylic acids is 1. The Morgan fingerprint density at radius 1 is 1.06 bits per heavy atom. The minimum absolute atomic E-state index is 0.279. The highest BCUT2D eigenvalue weighted by Crippen LogP contribution is 2.32. The summed E-state index contributed by atoms with van der Waals surface area (Å²) in [7, 11) is 0. The molecule has 34 heavy (non-hydrogen) atoms. The number of pyridine rings is 1. The Balaban J connectivity index is 1.47. The zero-order chi connectivity index (χ0) is 23.8. The number of nitrogens with one attached hydrogen (secondary N) is 1. The molecule has 4 rings (SSSR count). The van der Waals surface area contributed by atoms with Gasteiger partial charge in [-0.2, -0.15) is 0 Å². The van der Waals surface area contributed by atoms with Gasteiger partial charge in [0.05, 0.1) is 5.70 Å². The molecular formula is C28H28N2O4. The van der Waals surface area contributed by atoms with Crippen LogP contribution in [0.5, 0.6) is 5.75 Å². The SMILES string of the molecule is CC=C(C=C1CCc2c(cccc2OCC(=O)O)C1)NOC(c1ccccc1)c1ccncc1. The number of carboxylic acid groups (broad SMARTS) is 1. The number of allylic oxidation sites excluding steroid dienone is 3. The van der Waals surface area contributed by atoms with Crippen LogP contribution in [-0.2, 0) is 22.5 Å². The molecule has 0 amide bonds. The van der Waals surface area contributed by atoms with Crippen LogP contribution in [0.3, 0.4) is 0 Å². The quantitative estimate of drug-likeness (QED) is 0.432. The van der Waals surface area contributed by atoms with Gasteiger partial charge in [-0.15, -0.1) is 0 Å². The number of ether oxygens (including phenoxy) is 1. The summed E-state index contributed by atoms with van der Waals surface area (Å²) < 4.78 is 5.49. The molecule has 0 spiro atoms. The summed E-state index contributed by atoms with van der Waals surface area (Å²) >= 11 is 0. The van der Waals surface area contributed by atoms with Crippen LogP contribution in [-0.4, -0.2) is 22.7 Å². The number of rotatable bonds is 9. The van der Waals surface area contributed by atoms with Crippen molar-refractivity contribution in [3.63, 3.8) is 0 Å². The molecule has 1 heterocycles. The van der Waals surface area contributed by atoms with Gasteiger partial charge < -0.3 is 9.84 Å². The molecule has 1 unspecified atom stereocenters. The molecule has 1 aliphatic rings. The monoisotopic (exact) mass is 456 g/mol. The fraction of sp³-hybridized carbons (Fsp3) is 0.214. The lowest BCUT2D eigenvalue weighted by Crippen LogP contribution is -2.19. The van der Waals surface area contributed by atoms with Crippen molar-refractivity contribution >= 4 is 5.97 Å². The van der Waals surface area contributed by atoms with Crippen molar-refractivity contribution in [3.05, 3.63) is 119 Å². The Labute approximate surface area is 199 Å². The number of hydrogen-bond acceptors (Lipinski definition) is 5. The summed E-state index contributed by atoms with van der Waals surface area (Å²) in [4.78, 5) is 21.2. The van der Waals surface area contributed by atoms with E-state index in [1.54, 1.807) is 12.4 Å². The van der Waals surface area contributed by atoms with Gasteiger partial charge in [-0.05, 0) is 72.7 Å². The molecule has 0 fully saturated rings. The minimum atomic E-state index is -0.974. The highest BCUT2D eigenvalue weighted by Gasteiger charge is 2.19. The van der Waals surface area contributed by atoms with Gasteiger partial charge >= 0.3 is 5.97 Å². The number of fused-ring (bicyclic) bond motifs is 1. The van der Waals surface area contributed by atoms with Crippen molar-refractivity contribution in [1.82, 2.24) is 10.5 Å². The molecule has 2 aromatic carbocycles. The topological polar surface area (TPSA) is 80.7 Å². The van der Waals surface area contributed by atoms with E-state index in [4.69, 9.17) is 14.7 Å². The number of carbonyl (C=O) groups is 1. The zero-order valence-electron chi connectivity index (χ0n) is 19.1. The van der Waals surface area contributed by atoms with Crippen molar-refractivity contribution in [2.45, 2.75) is 32.3 Å². The summed E-state index contributed by atoms with van der Waals surface area (Å²) in [5.41, 5.74) is 9.62. The predicted octanol–water partition coefficient (Wildman–Crippen LogP) is 5.17. The van der Waals surface area contributed by atoms with Gasteiger partial charge in [0.2, 0.25) is 0 Å². The number of hydrogen-bond donors (Lipinski definition) is 2. The number of carboxylic acids is 1. The van der Waals surface area contributed by atoms with Gasteiger partial charge in [0.25, 0.3) is 0 Å². The van der Waals surface area contributed by atoms with E-state index in [2.05, 4.69) is 22.6 Å². The van der Waals surface area contributed by atoms with Crippen molar-refractivity contribution in [1.29, 1.82) is 0 Å². The fourth-order valence-electron chi connectivity index (χ4n) is 4.09. The number of nitrogens with zero attached hydrogens (tertiary/aromatic N) is 1. The summed E-state index contributed by atoms with van der Waals surface area (Å²) in [5.74, 6) is -0.312. The summed E-state index contributed by atoms with van der Waals surface area (Å²) in [6.45, 7) is 1.64. The second-order valence-electron chi connectivity index (χ2n) is 8.09. The van der Waals surface area contributed by atoms with Gasteiger partial charge in [0, 0.05) is 12.4 Å². The Kier molecular flexibility index (Phi) is 7.73. The van der Waals surface area contributed by atoms with E-state index in [0.717, 1.165) is 47.2 Å². The smallest absolute Gasteiger partial charge is 0.341 e. The van der Waals surface area contributed by atoms with E-state index in [0.29, 0.717) is 5.75 Å². The highest BCUT2D eigenvalue weighted by atomic mass is 16.7. The van der Waals surface area contributed by atoms with Crippen LogP contribution in [0.1, 0.15) is 41.7 Å². The summed E-state index contributed by atoms with van der Waals surface area (Å²) in [6, 6.07) is 19.8. The van der Waals surface area contributed by atoms with Crippen molar-refractivity contribution in [3.8, 4) is 5.75 Å². The van der Waals surface area contributed by atoms with E-state index in [9.17, 15) is 4.79 Å². The molecule has 0 aliphatic heterocycles. The molecule has 1 atom stereocenters. The lowest BCUT2D eigenvalue weighted by molar-refractivity contribution is -0.139. The van der Waals surface area contributed by atoms with Crippen molar-refractivity contribution in [2.75, 3.05) is 6.61 Å². The maximum Gasteiger partial charge on any atom is 0.341 e. The lowest BCUT2D eigenvalue weighted by atomic mass is 9.87. The molecule has 0 saturated heterocycles. The minimum Gasteiger partial charge on any atom is -0.482 e. The van der Waals surface area contributed by atoms with Gasteiger partial charge in [-0.25, -0.2) is 4.79 Å². The normalized spacial score (nSPS) is 15.4. The molecule has 0 bridgehead atoms. The van der Waals surface area contributed by atoms with Crippen LogP contribution in [0.25, 0.3) is 0 Å². The maximum atomic E-state index is 10.9. The third kappa shape index (κ3) is 5.91. The highest BCUT2D eigenvalue weighted by molar-refractivity contribution is 5.68. The van der Waals surface area contributed by atoms with Crippen LogP contribution in [0.2, 0.25) is 0 Å². The third-order valence-corrected chi connectivity index (χ3v) is 5.77. The van der Waals surface area contributed by atoms with E-state index < -0.39 is 5.97 Å². The first kappa shape index (κ1) is 23.3. The molecule has 0 saturated carbocycles. The Morgan fingerprint density at radius 2 is 1.82 bits per heavy atom. The molecule has 3 aromatic rings. The van der Waals surface area contributed by atoms with Crippen molar-refractivity contribution < 1.29 is 19.5 Å². The number of aromatic nitrogens is 1. The predicted molar refractivity (Wildman–Crippen MR) is 130 cm³/mol. The van der Waals surface area contributed by atoms with Crippen LogP contribution >= 0.6 is 0 Å². The van der Waals surface area contributed by atoms with E-state index in [1.165, 1.54) is 5.57 Å².